The molecular formula is C16H13Cl2N3OS2. The van der Waals surface area contributed by atoms with E-state index in [9.17, 15) is 4.21 Å². The molecule has 0 saturated heterocycles. The van der Waals surface area contributed by atoms with Gasteiger partial charge in [-0.05, 0) is 30.3 Å². The highest BCUT2D eigenvalue weighted by Gasteiger charge is 2.11. The van der Waals surface area contributed by atoms with Crippen molar-refractivity contribution in [3.63, 3.8) is 0 Å². The van der Waals surface area contributed by atoms with Crippen LogP contribution in [0.4, 0.5) is 0 Å². The Hall–Kier alpha value is -1.34. The average Bonchev–Trinajstić information content (AvgIpc) is 3.06. The van der Waals surface area contributed by atoms with Crippen LogP contribution in [0.2, 0.25) is 10.0 Å². The maximum absolute atomic E-state index is 12.3. The monoisotopic (exact) mass is 397 g/mol. The molecule has 0 fully saturated rings. The van der Waals surface area contributed by atoms with Crippen molar-refractivity contribution in [2.45, 2.75) is 10.1 Å². The van der Waals surface area contributed by atoms with E-state index in [1.165, 1.54) is 11.8 Å². The number of nitrogens with zero attached hydrogens (tertiary/aromatic N) is 3. The molecule has 1 aromatic heterocycles. The van der Waals surface area contributed by atoms with Crippen LogP contribution in [0.3, 0.4) is 0 Å². The van der Waals surface area contributed by atoms with Gasteiger partial charge in [-0.2, -0.15) is 0 Å². The molecule has 0 unspecified atom stereocenters. The van der Waals surface area contributed by atoms with Gasteiger partial charge in [0.15, 0.2) is 0 Å². The van der Waals surface area contributed by atoms with Crippen LogP contribution >= 0.6 is 35.0 Å². The van der Waals surface area contributed by atoms with Crippen molar-refractivity contribution in [1.82, 2.24) is 14.8 Å². The van der Waals surface area contributed by atoms with Crippen LogP contribution in [0, 0.1) is 0 Å². The molecule has 0 amide bonds. The van der Waals surface area contributed by atoms with Crippen molar-refractivity contribution in [2.24, 2.45) is 0 Å². The predicted molar refractivity (Wildman–Crippen MR) is 99.8 cm³/mol. The zero-order valence-corrected chi connectivity index (χ0v) is 15.6. The lowest BCUT2D eigenvalue weighted by Gasteiger charge is -2.04. The largest absolute Gasteiger partial charge is 0.254 e. The maximum Gasteiger partial charge on any atom is 0.208 e. The molecule has 0 saturated carbocycles. The number of aromatic nitrogens is 3. The van der Waals surface area contributed by atoms with Gasteiger partial charge in [-0.1, -0.05) is 53.2 Å². The SMILES string of the molecule is O=[S@@](CCSc1ncn(-c2ccccc2)n1)c1cc(Cl)ccc1Cl. The summed E-state index contributed by atoms with van der Waals surface area (Å²) in [5.74, 6) is 1.07. The quantitative estimate of drug-likeness (QED) is 0.575. The number of halogens is 2. The molecule has 0 spiro atoms. The third-order valence-corrected chi connectivity index (χ3v) is 6.32. The predicted octanol–water partition coefficient (Wildman–Crippen LogP) is 4.47. The Morgan fingerprint density at radius 3 is 2.71 bits per heavy atom. The first kappa shape index (κ1) is 17.5. The summed E-state index contributed by atoms with van der Waals surface area (Å²) in [6.45, 7) is 0. The van der Waals surface area contributed by atoms with Crippen molar-refractivity contribution in [3.05, 3.63) is 64.9 Å². The molecule has 1 heterocycles. The molecule has 8 heteroatoms. The molecule has 24 heavy (non-hydrogen) atoms. The first-order chi connectivity index (χ1) is 11.6. The number of hydrogen-bond donors (Lipinski definition) is 0. The summed E-state index contributed by atoms with van der Waals surface area (Å²) in [4.78, 5) is 4.83. The average molecular weight is 398 g/mol. The highest BCUT2D eigenvalue weighted by atomic mass is 35.5. The van der Waals surface area contributed by atoms with E-state index in [1.54, 1.807) is 29.2 Å². The Balaban J connectivity index is 1.58. The summed E-state index contributed by atoms with van der Waals surface area (Å²) in [5.41, 5.74) is 0.950. The van der Waals surface area contributed by atoms with E-state index in [0.717, 1.165) is 5.69 Å². The van der Waals surface area contributed by atoms with Crippen LogP contribution in [-0.2, 0) is 10.8 Å². The molecule has 0 aliphatic rings. The second-order valence-corrected chi connectivity index (χ2v) is 8.22. The van der Waals surface area contributed by atoms with Crippen molar-refractivity contribution < 1.29 is 4.21 Å². The highest BCUT2D eigenvalue weighted by molar-refractivity contribution is 8.00. The fraction of sp³-hybridized carbons (Fsp3) is 0.125. The van der Waals surface area contributed by atoms with E-state index in [-0.39, 0.29) is 0 Å². The number of rotatable bonds is 6. The Labute approximate surface area is 156 Å². The van der Waals surface area contributed by atoms with Crippen LogP contribution in [0.15, 0.2) is 64.9 Å². The number of thioether (sulfide) groups is 1. The number of para-hydroxylation sites is 1. The van der Waals surface area contributed by atoms with Crippen LogP contribution in [-0.4, -0.2) is 30.5 Å². The second-order valence-electron chi connectivity index (χ2n) is 4.78. The molecule has 3 rings (SSSR count). The molecule has 0 aliphatic heterocycles. The molecule has 0 bridgehead atoms. The van der Waals surface area contributed by atoms with E-state index in [2.05, 4.69) is 10.1 Å². The second kappa shape index (κ2) is 8.16. The zero-order chi connectivity index (χ0) is 16.9. The van der Waals surface area contributed by atoms with Gasteiger partial charge in [0.25, 0.3) is 0 Å². The van der Waals surface area contributed by atoms with Gasteiger partial charge in [-0.15, -0.1) is 5.10 Å². The highest BCUT2D eigenvalue weighted by Crippen LogP contribution is 2.24. The number of hydrogen-bond acceptors (Lipinski definition) is 4. The number of benzene rings is 2. The summed E-state index contributed by atoms with van der Waals surface area (Å²) < 4.78 is 14.1. The van der Waals surface area contributed by atoms with Gasteiger partial charge >= 0.3 is 0 Å². The minimum absolute atomic E-state index is 0.449. The zero-order valence-electron chi connectivity index (χ0n) is 12.4. The van der Waals surface area contributed by atoms with Gasteiger partial charge in [0.2, 0.25) is 5.16 Å². The lowest BCUT2D eigenvalue weighted by molar-refractivity contribution is 0.684. The third-order valence-electron chi connectivity index (χ3n) is 3.13. The molecule has 124 valence electrons. The topological polar surface area (TPSA) is 47.8 Å². The van der Waals surface area contributed by atoms with Crippen molar-refractivity contribution >= 4 is 45.8 Å². The van der Waals surface area contributed by atoms with Gasteiger partial charge in [0.1, 0.15) is 6.33 Å². The van der Waals surface area contributed by atoms with Crippen molar-refractivity contribution in [1.29, 1.82) is 0 Å². The Kier molecular flexibility index (Phi) is 5.94. The van der Waals surface area contributed by atoms with E-state index < -0.39 is 10.8 Å². The van der Waals surface area contributed by atoms with Crippen LogP contribution < -0.4 is 0 Å². The minimum atomic E-state index is -1.21. The summed E-state index contributed by atoms with van der Waals surface area (Å²) >= 11 is 13.5. The Morgan fingerprint density at radius 1 is 1.12 bits per heavy atom. The van der Waals surface area contributed by atoms with E-state index in [4.69, 9.17) is 23.2 Å². The van der Waals surface area contributed by atoms with Crippen molar-refractivity contribution in [2.75, 3.05) is 11.5 Å². The van der Waals surface area contributed by atoms with Gasteiger partial charge < -0.3 is 0 Å². The normalized spacial score (nSPS) is 12.2. The Morgan fingerprint density at radius 2 is 1.92 bits per heavy atom. The van der Waals surface area contributed by atoms with Gasteiger partial charge in [0.05, 0.1) is 26.4 Å². The molecular weight excluding hydrogens is 385 g/mol. The molecule has 0 radical (unpaired) electrons. The summed E-state index contributed by atoms with van der Waals surface area (Å²) in [5, 5.41) is 6.04. The fourth-order valence-electron chi connectivity index (χ4n) is 1.99. The summed E-state index contributed by atoms with van der Waals surface area (Å²) in [6.07, 6.45) is 1.67. The minimum Gasteiger partial charge on any atom is -0.254 e. The standard InChI is InChI=1S/C16H13Cl2N3OS2/c17-12-6-7-14(18)15(10-12)24(22)9-8-23-16-19-11-21(20-16)13-4-2-1-3-5-13/h1-7,10-11H,8-9H2/t24-/m0/s1. The molecule has 1 atom stereocenters. The lowest BCUT2D eigenvalue weighted by atomic mass is 10.3. The molecule has 0 aliphatic carbocycles. The smallest absolute Gasteiger partial charge is 0.208 e. The fourth-order valence-corrected chi connectivity index (χ4v) is 4.75. The first-order valence-corrected chi connectivity index (χ1v) is 10.1. The lowest BCUT2D eigenvalue weighted by Crippen LogP contribution is -2.02. The maximum atomic E-state index is 12.3. The first-order valence-electron chi connectivity index (χ1n) is 7.07. The van der Waals surface area contributed by atoms with Gasteiger partial charge in [-0.25, -0.2) is 9.67 Å². The molecule has 0 N–H and O–H groups in total. The van der Waals surface area contributed by atoms with Gasteiger partial charge in [0, 0.05) is 16.5 Å². The molecule has 2 aromatic carbocycles. The Bertz CT molecular complexity index is 856. The molecule has 3 aromatic rings. The van der Waals surface area contributed by atoms with E-state index in [1.807, 2.05) is 30.3 Å². The van der Waals surface area contributed by atoms with Crippen LogP contribution in [0.1, 0.15) is 0 Å². The van der Waals surface area contributed by atoms with Crippen LogP contribution in [0.25, 0.3) is 5.69 Å². The van der Waals surface area contributed by atoms with E-state index >= 15 is 0 Å². The van der Waals surface area contributed by atoms with Crippen molar-refractivity contribution in [3.8, 4) is 5.69 Å². The molecule has 4 nitrogen and oxygen atoms in total. The van der Waals surface area contributed by atoms with Crippen LogP contribution in [0.5, 0.6) is 0 Å². The summed E-state index contributed by atoms with van der Waals surface area (Å²) in [7, 11) is -1.21. The van der Waals surface area contributed by atoms with Gasteiger partial charge in [-0.3, -0.25) is 4.21 Å². The van der Waals surface area contributed by atoms with E-state index in [0.29, 0.717) is 31.6 Å². The third kappa shape index (κ3) is 4.39. The summed E-state index contributed by atoms with van der Waals surface area (Å²) in [6, 6.07) is 14.7.